The third-order valence-electron chi connectivity index (χ3n) is 4.78. The molecule has 146 valence electrons. The van der Waals surface area contributed by atoms with Crippen LogP contribution in [-0.2, 0) is 0 Å². The van der Waals surface area contributed by atoms with E-state index in [2.05, 4.69) is 32.0 Å². The van der Waals surface area contributed by atoms with Gasteiger partial charge in [-0.25, -0.2) is 9.36 Å². The molecule has 0 fully saturated rings. The minimum absolute atomic E-state index is 0.293. The Labute approximate surface area is 168 Å². The van der Waals surface area contributed by atoms with Crippen molar-refractivity contribution in [1.29, 1.82) is 0 Å². The number of nitrogens with zero attached hydrogens (tertiary/aromatic N) is 6. The molecule has 4 aromatic rings. The fourth-order valence-electron chi connectivity index (χ4n) is 3.23. The Morgan fingerprint density at radius 2 is 1.69 bits per heavy atom. The molecule has 0 bridgehead atoms. The summed E-state index contributed by atoms with van der Waals surface area (Å²) < 4.78 is 3.42. The van der Waals surface area contributed by atoms with Gasteiger partial charge >= 0.3 is 0 Å². The van der Waals surface area contributed by atoms with Crippen LogP contribution in [0, 0.1) is 27.7 Å². The minimum Gasteiger partial charge on any atom is -0.321 e. The van der Waals surface area contributed by atoms with Gasteiger partial charge in [0.05, 0.1) is 29.0 Å². The summed E-state index contributed by atoms with van der Waals surface area (Å²) in [6, 6.07) is 13.5. The molecule has 0 spiro atoms. The first kappa shape index (κ1) is 18.5. The predicted molar refractivity (Wildman–Crippen MR) is 110 cm³/mol. The molecule has 2 aromatic heterocycles. The van der Waals surface area contributed by atoms with Crippen molar-refractivity contribution >= 4 is 11.6 Å². The van der Waals surface area contributed by atoms with E-state index in [1.54, 1.807) is 15.6 Å². The van der Waals surface area contributed by atoms with Crippen molar-refractivity contribution in [3.63, 3.8) is 0 Å². The zero-order valence-electron chi connectivity index (χ0n) is 16.7. The summed E-state index contributed by atoms with van der Waals surface area (Å²) in [5.41, 5.74) is 6.60. The van der Waals surface area contributed by atoms with Crippen LogP contribution in [0.2, 0.25) is 0 Å². The van der Waals surface area contributed by atoms with E-state index >= 15 is 0 Å². The van der Waals surface area contributed by atoms with E-state index in [1.807, 2.05) is 64.1 Å². The highest BCUT2D eigenvalue weighted by Crippen LogP contribution is 2.19. The summed E-state index contributed by atoms with van der Waals surface area (Å²) in [5, 5.41) is 19.1. The summed E-state index contributed by atoms with van der Waals surface area (Å²) in [7, 11) is 0. The highest BCUT2D eigenvalue weighted by molar-refractivity contribution is 6.03. The van der Waals surface area contributed by atoms with Gasteiger partial charge in [-0.2, -0.15) is 0 Å². The lowest BCUT2D eigenvalue weighted by Crippen LogP contribution is -2.14. The van der Waals surface area contributed by atoms with Gasteiger partial charge in [-0.15, -0.1) is 10.2 Å². The van der Waals surface area contributed by atoms with Crippen molar-refractivity contribution in [1.82, 2.24) is 30.0 Å². The SMILES string of the molecule is Cc1ccc(-n2nnc(C(=O)Nc3ccc(-n4nncc4C)cc3)c2C)c(C)c1. The van der Waals surface area contributed by atoms with Gasteiger partial charge in [-0.1, -0.05) is 28.1 Å². The standard InChI is InChI=1S/C21H21N7O/c1-13-5-10-19(14(2)11-13)28-16(4)20(24-26-28)21(29)23-17-6-8-18(9-7-17)27-15(3)12-22-25-27/h5-12H,1-4H3,(H,23,29). The Hall–Kier alpha value is -3.81. The third-order valence-corrected chi connectivity index (χ3v) is 4.78. The van der Waals surface area contributed by atoms with Gasteiger partial charge in [-0.3, -0.25) is 4.79 Å². The van der Waals surface area contributed by atoms with Crippen molar-refractivity contribution in [3.05, 3.63) is 76.9 Å². The minimum atomic E-state index is -0.303. The molecule has 29 heavy (non-hydrogen) atoms. The number of aryl methyl sites for hydroxylation is 3. The molecule has 1 amide bonds. The van der Waals surface area contributed by atoms with E-state index in [0.717, 1.165) is 22.6 Å². The van der Waals surface area contributed by atoms with Gasteiger partial charge in [0.25, 0.3) is 5.91 Å². The number of amides is 1. The molecule has 2 aromatic carbocycles. The van der Waals surface area contributed by atoms with Gasteiger partial charge in [0.15, 0.2) is 5.69 Å². The predicted octanol–water partition coefficient (Wildman–Crippen LogP) is 3.33. The molecule has 0 unspecified atom stereocenters. The lowest BCUT2D eigenvalue weighted by molar-refractivity contribution is 0.102. The number of carbonyl (C=O) groups excluding carboxylic acids is 1. The van der Waals surface area contributed by atoms with E-state index in [1.165, 1.54) is 5.56 Å². The van der Waals surface area contributed by atoms with E-state index < -0.39 is 0 Å². The van der Waals surface area contributed by atoms with Gasteiger partial charge in [0.2, 0.25) is 0 Å². The quantitative estimate of drug-likeness (QED) is 0.580. The fourth-order valence-corrected chi connectivity index (χ4v) is 3.23. The van der Waals surface area contributed by atoms with Crippen LogP contribution in [0.4, 0.5) is 5.69 Å². The van der Waals surface area contributed by atoms with Crippen molar-refractivity contribution in [2.24, 2.45) is 0 Å². The maximum atomic E-state index is 12.7. The molecule has 0 saturated heterocycles. The molecule has 0 saturated carbocycles. The van der Waals surface area contributed by atoms with E-state index in [-0.39, 0.29) is 5.91 Å². The highest BCUT2D eigenvalue weighted by atomic mass is 16.2. The van der Waals surface area contributed by atoms with E-state index in [4.69, 9.17) is 0 Å². The van der Waals surface area contributed by atoms with Gasteiger partial charge < -0.3 is 5.32 Å². The normalized spacial score (nSPS) is 10.9. The molecule has 8 heteroatoms. The highest BCUT2D eigenvalue weighted by Gasteiger charge is 2.18. The van der Waals surface area contributed by atoms with Gasteiger partial charge in [0.1, 0.15) is 0 Å². The van der Waals surface area contributed by atoms with Gasteiger partial charge in [-0.05, 0) is 63.6 Å². The van der Waals surface area contributed by atoms with Crippen molar-refractivity contribution < 1.29 is 4.79 Å². The number of carbonyl (C=O) groups is 1. The Balaban J connectivity index is 1.55. The molecule has 4 rings (SSSR count). The number of hydrogen-bond donors (Lipinski definition) is 1. The maximum Gasteiger partial charge on any atom is 0.278 e. The number of benzene rings is 2. The zero-order valence-corrected chi connectivity index (χ0v) is 16.7. The van der Waals surface area contributed by atoms with Crippen LogP contribution >= 0.6 is 0 Å². The average molecular weight is 387 g/mol. The number of nitrogens with one attached hydrogen (secondary N) is 1. The molecule has 1 N–H and O–H groups in total. The molecule has 0 radical (unpaired) electrons. The summed E-state index contributed by atoms with van der Waals surface area (Å²) in [6.07, 6.45) is 1.69. The average Bonchev–Trinajstić information content (AvgIpc) is 3.28. The smallest absolute Gasteiger partial charge is 0.278 e. The van der Waals surface area contributed by atoms with E-state index in [9.17, 15) is 4.79 Å². The number of rotatable bonds is 4. The summed E-state index contributed by atoms with van der Waals surface area (Å²) in [5.74, 6) is -0.303. The molecule has 0 aliphatic rings. The molecular weight excluding hydrogens is 366 g/mol. The van der Waals surface area contributed by atoms with Crippen LogP contribution in [-0.4, -0.2) is 35.9 Å². The molecular formula is C21H21N7O. The van der Waals surface area contributed by atoms with Crippen molar-refractivity contribution in [3.8, 4) is 11.4 Å². The monoisotopic (exact) mass is 387 g/mol. The largest absolute Gasteiger partial charge is 0.321 e. The molecule has 0 atom stereocenters. The van der Waals surface area contributed by atoms with Crippen LogP contribution in [0.25, 0.3) is 11.4 Å². The Morgan fingerprint density at radius 1 is 0.931 bits per heavy atom. The van der Waals surface area contributed by atoms with Crippen LogP contribution in [0.15, 0.2) is 48.7 Å². The number of aromatic nitrogens is 6. The molecule has 0 aliphatic heterocycles. The Morgan fingerprint density at radius 3 is 2.34 bits per heavy atom. The fraction of sp³-hybridized carbons (Fsp3) is 0.190. The van der Waals surface area contributed by atoms with Crippen molar-refractivity contribution in [2.75, 3.05) is 5.32 Å². The van der Waals surface area contributed by atoms with Crippen LogP contribution in [0.3, 0.4) is 0 Å². The molecule has 8 nitrogen and oxygen atoms in total. The maximum absolute atomic E-state index is 12.7. The second kappa shape index (κ2) is 7.31. The second-order valence-corrected chi connectivity index (χ2v) is 7.01. The van der Waals surface area contributed by atoms with Crippen molar-refractivity contribution in [2.45, 2.75) is 27.7 Å². The molecule has 0 aliphatic carbocycles. The Bertz CT molecular complexity index is 1190. The zero-order chi connectivity index (χ0) is 20.5. The summed E-state index contributed by atoms with van der Waals surface area (Å²) in [6.45, 7) is 7.82. The lowest BCUT2D eigenvalue weighted by Gasteiger charge is -2.09. The Kier molecular flexibility index (Phi) is 4.67. The first-order valence-electron chi connectivity index (χ1n) is 9.23. The molecule has 2 heterocycles. The van der Waals surface area contributed by atoms with Gasteiger partial charge in [0, 0.05) is 5.69 Å². The summed E-state index contributed by atoms with van der Waals surface area (Å²) >= 11 is 0. The first-order chi connectivity index (χ1) is 13.9. The second-order valence-electron chi connectivity index (χ2n) is 7.01. The summed E-state index contributed by atoms with van der Waals surface area (Å²) in [4.78, 5) is 12.7. The topological polar surface area (TPSA) is 90.5 Å². The number of anilines is 1. The first-order valence-corrected chi connectivity index (χ1v) is 9.23. The van der Waals surface area contributed by atoms with E-state index in [0.29, 0.717) is 17.1 Å². The van der Waals surface area contributed by atoms with Crippen LogP contribution in [0.1, 0.15) is 33.0 Å². The lowest BCUT2D eigenvalue weighted by atomic mass is 10.1. The van der Waals surface area contributed by atoms with Crippen LogP contribution < -0.4 is 5.32 Å². The number of hydrogen-bond acceptors (Lipinski definition) is 5. The third kappa shape index (κ3) is 3.52. The van der Waals surface area contributed by atoms with Crippen LogP contribution in [0.5, 0.6) is 0 Å².